The van der Waals surface area contributed by atoms with Gasteiger partial charge in [0.05, 0.1) is 12.2 Å². The van der Waals surface area contributed by atoms with Crippen molar-refractivity contribution in [2.45, 2.75) is 52.0 Å². The smallest absolute Gasteiger partial charge is 0.211 e. The average Bonchev–Trinajstić information content (AvgIpc) is 2.90. The van der Waals surface area contributed by atoms with Gasteiger partial charge >= 0.3 is 0 Å². The molecule has 0 saturated heterocycles. The largest absolute Gasteiger partial charge is 0.444 e. The highest BCUT2D eigenvalue weighted by atomic mass is 16.4. The summed E-state index contributed by atoms with van der Waals surface area (Å²) in [5.41, 5.74) is 0. The number of nitrogens with one attached hydrogen (secondary N) is 1. The molecule has 1 aromatic heterocycles. The fourth-order valence-corrected chi connectivity index (χ4v) is 2.51. The number of hydrogen-bond donors (Lipinski definition) is 1. The van der Waals surface area contributed by atoms with E-state index in [1.54, 1.807) is 0 Å². The van der Waals surface area contributed by atoms with Crippen LogP contribution in [0.25, 0.3) is 0 Å². The Morgan fingerprint density at radius 3 is 2.94 bits per heavy atom. The molecule has 3 nitrogen and oxygen atoms in total. The molecule has 1 unspecified atom stereocenters. The van der Waals surface area contributed by atoms with Crippen molar-refractivity contribution in [1.29, 1.82) is 0 Å². The molecule has 0 spiro atoms. The molecule has 2 rings (SSSR count). The normalized spacial score (nSPS) is 19.1. The summed E-state index contributed by atoms with van der Waals surface area (Å²) in [4.78, 5) is 4.35. The molecule has 1 aliphatic carbocycles. The Morgan fingerprint density at radius 2 is 2.25 bits per heavy atom. The molecule has 3 heteroatoms. The van der Waals surface area contributed by atoms with Gasteiger partial charge < -0.3 is 9.73 Å². The zero-order valence-electron chi connectivity index (χ0n) is 10.3. The Labute approximate surface area is 97.6 Å². The highest BCUT2D eigenvalue weighted by Gasteiger charge is 2.18. The lowest BCUT2D eigenvalue weighted by molar-refractivity contribution is 0.378. The van der Waals surface area contributed by atoms with Crippen LogP contribution in [-0.2, 0) is 6.42 Å². The van der Waals surface area contributed by atoms with Crippen LogP contribution in [0.1, 0.15) is 57.2 Å². The van der Waals surface area contributed by atoms with E-state index in [1.807, 2.05) is 6.20 Å². The number of hydrogen-bond acceptors (Lipinski definition) is 3. The van der Waals surface area contributed by atoms with Gasteiger partial charge in [0.25, 0.3) is 0 Å². The van der Waals surface area contributed by atoms with Gasteiger partial charge in [-0.25, -0.2) is 4.98 Å². The first-order chi connectivity index (χ1) is 7.79. The maximum absolute atomic E-state index is 5.79. The molecule has 1 fully saturated rings. The first-order valence-electron chi connectivity index (χ1n) is 6.47. The van der Waals surface area contributed by atoms with E-state index in [0.717, 1.165) is 30.5 Å². The summed E-state index contributed by atoms with van der Waals surface area (Å²) in [6.07, 6.45) is 8.48. The van der Waals surface area contributed by atoms with E-state index >= 15 is 0 Å². The third-order valence-corrected chi connectivity index (χ3v) is 3.42. The molecule has 0 aromatic carbocycles. The van der Waals surface area contributed by atoms with Crippen molar-refractivity contribution in [3.8, 4) is 0 Å². The summed E-state index contributed by atoms with van der Waals surface area (Å²) >= 11 is 0. The molecule has 1 atom stereocenters. The first kappa shape index (κ1) is 11.6. The molecule has 1 aromatic rings. The third-order valence-electron chi connectivity index (χ3n) is 3.42. The van der Waals surface area contributed by atoms with E-state index in [1.165, 1.54) is 25.7 Å². The number of aromatic nitrogens is 1. The van der Waals surface area contributed by atoms with Crippen LogP contribution in [0.15, 0.2) is 10.6 Å². The van der Waals surface area contributed by atoms with E-state index in [2.05, 4.69) is 24.1 Å². The van der Waals surface area contributed by atoms with E-state index in [9.17, 15) is 0 Å². The minimum absolute atomic E-state index is 0.224. The highest BCUT2D eigenvalue weighted by molar-refractivity contribution is 4.99. The Hall–Kier alpha value is -0.830. The van der Waals surface area contributed by atoms with Crippen LogP contribution < -0.4 is 5.32 Å². The zero-order chi connectivity index (χ0) is 11.4. The van der Waals surface area contributed by atoms with Crippen molar-refractivity contribution in [3.05, 3.63) is 17.8 Å². The van der Waals surface area contributed by atoms with Gasteiger partial charge in [0.15, 0.2) is 0 Å². The van der Waals surface area contributed by atoms with E-state index in [0.29, 0.717) is 0 Å². The maximum atomic E-state index is 5.79. The molecule has 1 aliphatic rings. The molecule has 0 aliphatic heterocycles. The number of nitrogens with zero attached hydrogens (tertiary/aromatic N) is 1. The highest BCUT2D eigenvalue weighted by Crippen LogP contribution is 2.28. The predicted molar refractivity (Wildman–Crippen MR) is 64.3 cm³/mol. The van der Waals surface area contributed by atoms with Crippen molar-refractivity contribution in [2.24, 2.45) is 5.92 Å². The fourth-order valence-electron chi connectivity index (χ4n) is 2.51. The molecular weight excluding hydrogens is 200 g/mol. The van der Waals surface area contributed by atoms with E-state index in [-0.39, 0.29) is 6.04 Å². The lowest BCUT2D eigenvalue weighted by atomic mass is 10.0. The van der Waals surface area contributed by atoms with Gasteiger partial charge in [0.1, 0.15) is 5.76 Å². The summed E-state index contributed by atoms with van der Waals surface area (Å²) in [5.74, 6) is 2.72. The minimum atomic E-state index is 0.224. The van der Waals surface area contributed by atoms with Gasteiger partial charge in [0.2, 0.25) is 5.89 Å². The van der Waals surface area contributed by atoms with Crippen LogP contribution in [0.3, 0.4) is 0 Å². The summed E-state index contributed by atoms with van der Waals surface area (Å²) in [6, 6.07) is 0.224. The van der Waals surface area contributed by atoms with Crippen LogP contribution in [0.2, 0.25) is 0 Å². The maximum Gasteiger partial charge on any atom is 0.211 e. The molecule has 0 radical (unpaired) electrons. The molecule has 1 N–H and O–H groups in total. The second kappa shape index (κ2) is 5.48. The van der Waals surface area contributed by atoms with Gasteiger partial charge in [-0.3, -0.25) is 0 Å². The molecule has 0 amide bonds. The standard InChI is InChI=1S/C13H22N2O/c1-3-14-10(2)13-15-9-12(16-13)8-11-6-4-5-7-11/h9-11,14H,3-8H2,1-2H3. The quantitative estimate of drug-likeness (QED) is 0.832. The zero-order valence-corrected chi connectivity index (χ0v) is 10.3. The Bertz CT molecular complexity index is 315. The van der Waals surface area contributed by atoms with Gasteiger partial charge in [-0.1, -0.05) is 32.6 Å². The lowest BCUT2D eigenvalue weighted by Gasteiger charge is -2.08. The molecule has 0 bridgehead atoms. The van der Waals surface area contributed by atoms with Crippen molar-refractivity contribution in [1.82, 2.24) is 10.3 Å². The average molecular weight is 222 g/mol. The monoisotopic (exact) mass is 222 g/mol. The topological polar surface area (TPSA) is 38.1 Å². The van der Waals surface area contributed by atoms with Crippen LogP contribution in [0, 0.1) is 5.92 Å². The number of oxazole rings is 1. The first-order valence-corrected chi connectivity index (χ1v) is 6.47. The summed E-state index contributed by atoms with van der Waals surface area (Å²) < 4.78 is 5.79. The lowest BCUT2D eigenvalue weighted by Crippen LogP contribution is -2.17. The summed E-state index contributed by atoms with van der Waals surface area (Å²) in [7, 11) is 0. The molecule has 1 heterocycles. The second-order valence-corrected chi connectivity index (χ2v) is 4.80. The Morgan fingerprint density at radius 1 is 1.50 bits per heavy atom. The molecule has 16 heavy (non-hydrogen) atoms. The minimum Gasteiger partial charge on any atom is -0.444 e. The van der Waals surface area contributed by atoms with Crippen molar-refractivity contribution >= 4 is 0 Å². The summed E-state index contributed by atoms with van der Waals surface area (Å²) in [5, 5.41) is 3.31. The number of rotatable bonds is 5. The molecule has 90 valence electrons. The Balaban J connectivity index is 1.90. The second-order valence-electron chi connectivity index (χ2n) is 4.80. The van der Waals surface area contributed by atoms with Gasteiger partial charge in [-0.05, 0) is 19.4 Å². The van der Waals surface area contributed by atoms with Gasteiger partial charge in [-0.15, -0.1) is 0 Å². The fraction of sp³-hybridized carbons (Fsp3) is 0.769. The molecular formula is C13H22N2O. The van der Waals surface area contributed by atoms with Crippen LogP contribution in [0.4, 0.5) is 0 Å². The van der Waals surface area contributed by atoms with E-state index < -0.39 is 0 Å². The predicted octanol–water partition coefficient (Wildman–Crippen LogP) is 3.08. The van der Waals surface area contributed by atoms with Crippen LogP contribution in [0.5, 0.6) is 0 Å². The van der Waals surface area contributed by atoms with Gasteiger partial charge in [-0.2, -0.15) is 0 Å². The van der Waals surface area contributed by atoms with Crippen LogP contribution >= 0.6 is 0 Å². The SMILES string of the molecule is CCNC(C)c1ncc(CC2CCCC2)o1. The van der Waals surface area contributed by atoms with Crippen molar-refractivity contribution < 1.29 is 4.42 Å². The van der Waals surface area contributed by atoms with E-state index in [4.69, 9.17) is 4.42 Å². The van der Waals surface area contributed by atoms with Crippen molar-refractivity contribution in [2.75, 3.05) is 6.54 Å². The molecule has 1 saturated carbocycles. The Kier molecular flexibility index (Phi) is 3.99. The third kappa shape index (κ3) is 2.85. The summed E-state index contributed by atoms with van der Waals surface area (Å²) in [6.45, 7) is 5.13. The van der Waals surface area contributed by atoms with Crippen LogP contribution in [-0.4, -0.2) is 11.5 Å². The van der Waals surface area contributed by atoms with Gasteiger partial charge in [0, 0.05) is 6.42 Å². The van der Waals surface area contributed by atoms with Crippen molar-refractivity contribution in [3.63, 3.8) is 0 Å².